The van der Waals surface area contributed by atoms with Crippen molar-refractivity contribution in [3.05, 3.63) is 23.8 Å². The van der Waals surface area contributed by atoms with Gasteiger partial charge in [0.2, 0.25) is 10.0 Å². The monoisotopic (exact) mass is 351 g/mol. The van der Waals surface area contributed by atoms with E-state index in [1.165, 1.54) is 25.3 Å². The maximum atomic E-state index is 12.1. The second kappa shape index (κ2) is 9.62. The van der Waals surface area contributed by atoms with E-state index in [0.29, 0.717) is 18.8 Å². The van der Waals surface area contributed by atoms with Crippen molar-refractivity contribution in [2.45, 2.75) is 18.2 Å². The van der Waals surface area contributed by atoms with Gasteiger partial charge in [-0.25, -0.2) is 13.6 Å². The number of methoxy groups -OCH3 is 1. The van der Waals surface area contributed by atoms with E-state index in [0.717, 1.165) is 13.0 Å². The van der Waals surface area contributed by atoms with E-state index in [1.54, 1.807) is 0 Å². The number of primary sulfonamides is 1. The molecule has 0 fully saturated rings. The maximum Gasteiger partial charge on any atom is 0.255 e. The average Bonchev–Trinajstić information content (AvgIpc) is 2.45. The minimum absolute atomic E-state index is 0. The number of carbonyl (C=O) groups excluding carboxylic acids is 1. The molecular formula is C13H22ClN3O4S. The summed E-state index contributed by atoms with van der Waals surface area (Å²) in [7, 11) is -2.46. The van der Waals surface area contributed by atoms with Crippen molar-refractivity contribution >= 4 is 28.3 Å². The molecule has 0 bridgehead atoms. The first kappa shape index (κ1) is 20.6. The van der Waals surface area contributed by atoms with E-state index in [4.69, 9.17) is 9.88 Å². The molecule has 9 heteroatoms. The molecule has 0 radical (unpaired) electrons. The molecule has 7 nitrogen and oxygen atoms in total. The van der Waals surface area contributed by atoms with Crippen LogP contribution in [0.5, 0.6) is 5.75 Å². The Hall–Kier alpha value is -1.35. The molecule has 0 heterocycles. The van der Waals surface area contributed by atoms with Gasteiger partial charge >= 0.3 is 0 Å². The van der Waals surface area contributed by atoms with Crippen LogP contribution in [-0.2, 0) is 10.0 Å². The highest BCUT2D eigenvalue weighted by atomic mass is 35.5. The van der Waals surface area contributed by atoms with Crippen molar-refractivity contribution < 1.29 is 17.9 Å². The zero-order chi connectivity index (χ0) is 15.9. The molecule has 0 unspecified atom stereocenters. The van der Waals surface area contributed by atoms with Crippen LogP contribution in [0.3, 0.4) is 0 Å². The summed E-state index contributed by atoms with van der Waals surface area (Å²) in [6.45, 7) is 3.99. The molecule has 0 aliphatic carbocycles. The second-order valence-corrected chi connectivity index (χ2v) is 5.97. The first-order chi connectivity index (χ1) is 9.90. The summed E-state index contributed by atoms with van der Waals surface area (Å²) in [5.41, 5.74) is 0.138. The van der Waals surface area contributed by atoms with Crippen molar-refractivity contribution in [3.63, 3.8) is 0 Å². The van der Waals surface area contributed by atoms with Gasteiger partial charge in [0.05, 0.1) is 17.6 Å². The molecular weight excluding hydrogens is 330 g/mol. The molecule has 0 aliphatic rings. The molecule has 126 valence electrons. The summed E-state index contributed by atoms with van der Waals surface area (Å²) in [4.78, 5) is 12.0. The van der Waals surface area contributed by atoms with Crippen LogP contribution in [0.4, 0.5) is 0 Å². The third-order valence-corrected chi connectivity index (χ3v) is 3.67. The fourth-order valence-electron chi connectivity index (χ4n) is 1.70. The summed E-state index contributed by atoms with van der Waals surface area (Å²) in [6, 6.07) is 3.92. The average molecular weight is 352 g/mol. The largest absolute Gasteiger partial charge is 0.496 e. The molecule has 0 aliphatic heterocycles. The number of hydrogen-bond donors (Lipinski definition) is 3. The number of sulfonamides is 1. The van der Waals surface area contributed by atoms with Crippen LogP contribution in [0, 0.1) is 0 Å². The van der Waals surface area contributed by atoms with Gasteiger partial charge < -0.3 is 15.4 Å². The maximum absolute atomic E-state index is 12.1. The first-order valence-corrected chi connectivity index (χ1v) is 8.14. The SMILES string of the molecule is CCCNCCNC(=O)c1cc(S(N)(=O)=O)ccc1OC.Cl. The van der Waals surface area contributed by atoms with Gasteiger partial charge in [-0.3, -0.25) is 4.79 Å². The van der Waals surface area contributed by atoms with Crippen molar-refractivity contribution in [3.8, 4) is 5.75 Å². The second-order valence-electron chi connectivity index (χ2n) is 4.41. The minimum atomic E-state index is -3.86. The number of hydrogen-bond acceptors (Lipinski definition) is 5. The van der Waals surface area contributed by atoms with Gasteiger partial charge in [-0.05, 0) is 31.2 Å². The van der Waals surface area contributed by atoms with Crippen molar-refractivity contribution in [1.82, 2.24) is 10.6 Å². The number of halogens is 1. The van der Waals surface area contributed by atoms with Crippen molar-refractivity contribution in [2.75, 3.05) is 26.7 Å². The van der Waals surface area contributed by atoms with Crippen LogP contribution < -0.4 is 20.5 Å². The Kier molecular flexibility index (Phi) is 9.03. The van der Waals surface area contributed by atoms with Gasteiger partial charge in [0.15, 0.2) is 0 Å². The van der Waals surface area contributed by atoms with E-state index in [2.05, 4.69) is 17.6 Å². The fraction of sp³-hybridized carbons (Fsp3) is 0.462. The minimum Gasteiger partial charge on any atom is -0.496 e. The first-order valence-electron chi connectivity index (χ1n) is 6.60. The predicted octanol–water partition coefficient (Wildman–Crippen LogP) is 0.494. The fourth-order valence-corrected chi connectivity index (χ4v) is 2.24. The number of carbonyl (C=O) groups is 1. The molecule has 0 saturated heterocycles. The summed E-state index contributed by atoms with van der Waals surface area (Å²) in [6.07, 6.45) is 1.01. The Morgan fingerprint density at radius 2 is 1.95 bits per heavy atom. The zero-order valence-electron chi connectivity index (χ0n) is 12.6. The standard InChI is InChI=1S/C13H21N3O4S.ClH/c1-3-6-15-7-8-16-13(17)11-9-10(21(14,18)19)4-5-12(11)20-2;/h4-5,9,15H,3,6-8H2,1-2H3,(H,16,17)(H2,14,18,19);1H. The Bertz CT molecular complexity index is 593. The van der Waals surface area contributed by atoms with Crippen molar-refractivity contribution in [1.29, 1.82) is 0 Å². The zero-order valence-corrected chi connectivity index (χ0v) is 14.2. The molecule has 0 spiro atoms. The van der Waals surface area contributed by atoms with E-state index in [1.807, 2.05) is 0 Å². The molecule has 22 heavy (non-hydrogen) atoms. The van der Waals surface area contributed by atoms with Gasteiger partial charge in [0, 0.05) is 13.1 Å². The highest BCUT2D eigenvalue weighted by Crippen LogP contribution is 2.21. The lowest BCUT2D eigenvalue weighted by atomic mass is 10.2. The molecule has 0 saturated carbocycles. The molecule has 1 aromatic carbocycles. The summed E-state index contributed by atoms with van der Waals surface area (Å²) in [5.74, 6) is -0.114. The lowest BCUT2D eigenvalue weighted by Crippen LogP contribution is -2.32. The Labute approximate surface area is 137 Å². The lowest BCUT2D eigenvalue weighted by Gasteiger charge is -2.11. The van der Waals surface area contributed by atoms with E-state index in [-0.39, 0.29) is 22.9 Å². The molecule has 1 aromatic rings. The van der Waals surface area contributed by atoms with Crippen LogP contribution >= 0.6 is 12.4 Å². The molecule has 0 atom stereocenters. The number of ether oxygens (including phenoxy) is 1. The van der Waals surface area contributed by atoms with Crippen LogP contribution in [0.2, 0.25) is 0 Å². The molecule has 0 aromatic heterocycles. The van der Waals surface area contributed by atoms with E-state index in [9.17, 15) is 13.2 Å². The molecule has 1 amide bonds. The number of amides is 1. The van der Waals surface area contributed by atoms with Crippen LogP contribution in [0.1, 0.15) is 23.7 Å². The summed E-state index contributed by atoms with van der Waals surface area (Å²) >= 11 is 0. The van der Waals surface area contributed by atoms with Crippen molar-refractivity contribution in [2.24, 2.45) is 5.14 Å². The highest BCUT2D eigenvalue weighted by molar-refractivity contribution is 7.89. The number of rotatable bonds is 8. The van der Waals surface area contributed by atoms with Crippen LogP contribution in [0.15, 0.2) is 23.1 Å². The topological polar surface area (TPSA) is 111 Å². The quantitative estimate of drug-likeness (QED) is 0.590. The lowest BCUT2D eigenvalue weighted by molar-refractivity contribution is 0.0950. The number of benzene rings is 1. The summed E-state index contributed by atoms with van der Waals surface area (Å²) in [5, 5.41) is 10.9. The van der Waals surface area contributed by atoms with Gasteiger partial charge in [-0.2, -0.15) is 0 Å². The summed E-state index contributed by atoms with van der Waals surface area (Å²) < 4.78 is 27.7. The molecule has 1 rings (SSSR count). The van der Waals surface area contributed by atoms with Gasteiger partial charge in [0.1, 0.15) is 5.75 Å². The highest BCUT2D eigenvalue weighted by Gasteiger charge is 2.16. The Morgan fingerprint density at radius 1 is 1.27 bits per heavy atom. The predicted molar refractivity (Wildman–Crippen MR) is 87.1 cm³/mol. The molecule has 4 N–H and O–H groups in total. The number of nitrogens with two attached hydrogens (primary N) is 1. The van der Waals surface area contributed by atoms with E-state index < -0.39 is 15.9 Å². The Balaban J connectivity index is 0.00000441. The van der Waals surface area contributed by atoms with Gasteiger partial charge in [0.25, 0.3) is 5.91 Å². The van der Waals surface area contributed by atoms with Gasteiger partial charge in [-0.1, -0.05) is 6.92 Å². The third kappa shape index (κ3) is 6.18. The van der Waals surface area contributed by atoms with Gasteiger partial charge in [-0.15, -0.1) is 12.4 Å². The Morgan fingerprint density at radius 3 is 2.50 bits per heavy atom. The van der Waals surface area contributed by atoms with Crippen LogP contribution in [0.25, 0.3) is 0 Å². The normalized spacial score (nSPS) is 10.7. The smallest absolute Gasteiger partial charge is 0.255 e. The third-order valence-electron chi connectivity index (χ3n) is 2.76. The number of nitrogens with one attached hydrogen (secondary N) is 2. The van der Waals surface area contributed by atoms with Crippen LogP contribution in [-0.4, -0.2) is 41.1 Å². The van der Waals surface area contributed by atoms with E-state index >= 15 is 0 Å².